The Morgan fingerprint density at radius 1 is 0.550 bits per heavy atom. The van der Waals surface area contributed by atoms with Crippen LogP contribution in [0, 0.1) is 5.92 Å². The van der Waals surface area contributed by atoms with Gasteiger partial charge in [-0.05, 0) is 78.7 Å². The van der Waals surface area contributed by atoms with Crippen LogP contribution in [0.2, 0.25) is 0 Å². The van der Waals surface area contributed by atoms with Gasteiger partial charge in [-0.15, -0.1) is 23.5 Å². The Morgan fingerprint density at radius 3 is 1.36 bits per heavy atom. The minimum atomic E-state index is -1.38. The summed E-state index contributed by atoms with van der Waals surface area (Å²) in [7, 11) is 1.20. The Hall–Kier alpha value is -7.46. The number of benzene rings is 6. The van der Waals surface area contributed by atoms with Gasteiger partial charge >= 0.3 is 11.9 Å². The SMILES string of the molecule is COC(=O)CNC(=O)[C@H](NC(=O)[C@@H](CSC(c1ccccc1)(c1ccccc1)c1ccccc1)NC(=O)[C@@H](CCC(=O)OC(C)(C)C)NC(=O)C[C@H](O)/C=C/CCSC(c1ccccc1)(c1ccccc1)c1ccccc1)C(C)C. The topological polar surface area (TPSA) is 189 Å². The van der Waals surface area contributed by atoms with Crippen molar-refractivity contribution < 1.29 is 43.3 Å². The molecule has 0 bridgehead atoms. The highest BCUT2D eigenvalue weighted by Crippen LogP contribution is 2.50. The van der Waals surface area contributed by atoms with E-state index < -0.39 is 93.8 Å². The molecule has 0 saturated heterocycles. The van der Waals surface area contributed by atoms with Gasteiger partial charge in [0.1, 0.15) is 30.3 Å². The first kappa shape index (κ1) is 61.7. The molecular formula is C65H74N4O9S2. The number of carbonyl (C=O) groups is 6. The molecule has 6 rings (SSSR count). The molecule has 0 aliphatic carbocycles. The van der Waals surface area contributed by atoms with E-state index in [1.165, 1.54) is 18.9 Å². The van der Waals surface area contributed by atoms with E-state index in [1.54, 1.807) is 52.5 Å². The molecule has 13 nitrogen and oxygen atoms in total. The third kappa shape index (κ3) is 17.3. The van der Waals surface area contributed by atoms with E-state index in [0.717, 1.165) is 33.4 Å². The van der Waals surface area contributed by atoms with Crippen molar-refractivity contribution in [2.24, 2.45) is 5.92 Å². The van der Waals surface area contributed by atoms with E-state index in [9.17, 15) is 33.9 Å². The highest BCUT2D eigenvalue weighted by molar-refractivity contribution is 8.00. The number of esters is 2. The van der Waals surface area contributed by atoms with Gasteiger partial charge < -0.3 is 35.8 Å². The van der Waals surface area contributed by atoms with Gasteiger partial charge in [-0.2, -0.15) is 0 Å². The molecule has 0 aliphatic rings. The van der Waals surface area contributed by atoms with Crippen LogP contribution >= 0.6 is 23.5 Å². The number of ether oxygens (including phenoxy) is 2. The van der Waals surface area contributed by atoms with Gasteiger partial charge in [0.2, 0.25) is 23.6 Å². The maximum atomic E-state index is 14.8. The number of aliphatic hydroxyl groups is 1. The summed E-state index contributed by atoms with van der Waals surface area (Å²) in [6.07, 6.45) is 1.84. The van der Waals surface area contributed by atoms with Crippen LogP contribution in [0.1, 0.15) is 93.7 Å². The third-order valence-corrected chi connectivity index (χ3v) is 16.3. The van der Waals surface area contributed by atoms with Gasteiger partial charge in [-0.25, -0.2) is 0 Å². The smallest absolute Gasteiger partial charge is 0.325 e. The number of methoxy groups -OCH3 is 1. The predicted octanol–water partition coefficient (Wildman–Crippen LogP) is 9.66. The molecule has 6 aromatic rings. The maximum Gasteiger partial charge on any atom is 0.325 e. The van der Waals surface area contributed by atoms with Crippen molar-refractivity contribution in [1.29, 1.82) is 0 Å². The molecule has 0 unspecified atom stereocenters. The van der Waals surface area contributed by atoms with E-state index in [0.29, 0.717) is 12.2 Å². The van der Waals surface area contributed by atoms with E-state index in [4.69, 9.17) is 9.47 Å². The number of carbonyl (C=O) groups excluding carboxylic acids is 6. The highest BCUT2D eigenvalue weighted by Gasteiger charge is 2.41. The first-order valence-electron chi connectivity index (χ1n) is 26.9. The van der Waals surface area contributed by atoms with E-state index in [2.05, 4.69) is 57.7 Å². The van der Waals surface area contributed by atoms with Crippen LogP contribution in [-0.4, -0.2) is 95.7 Å². The number of thioether (sulfide) groups is 2. The van der Waals surface area contributed by atoms with Crippen LogP contribution < -0.4 is 21.3 Å². The van der Waals surface area contributed by atoms with Gasteiger partial charge in [0.25, 0.3) is 0 Å². The Bertz CT molecular complexity index is 2750. The highest BCUT2D eigenvalue weighted by atomic mass is 32.2. The van der Waals surface area contributed by atoms with Crippen molar-refractivity contribution in [3.8, 4) is 0 Å². The summed E-state index contributed by atoms with van der Waals surface area (Å²) in [5.41, 5.74) is 5.21. The third-order valence-electron chi connectivity index (χ3n) is 13.1. The van der Waals surface area contributed by atoms with Crippen LogP contribution in [0.15, 0.2) is 194 Å². The van der Waals surface area contributed by atoms with Gasteiger partial charge in [-0.3, -0.25) is 28.8 Å². The van der Waals surface area contributed by atoms with Gasteiger partial charge in [-0.1, -0.05) is 208 Å². The van der Waals surface area contributed by atoms with Gasteiger partial charge in [0.15, 0.2) is 0 Å². The van der Waals surface area contributed by atoms with Crippen molar-refractivity contribution in [3.05, 3.63) is 228 Å². The Kier molecular flexibility index (Phi) is 23.3. The van der Waals surface area contributed by atoms with E-state index in [1.807, 2.05) is 152 Å². The fraction of sp³-hybridized carbons (Fsp3) is 0.323. The van der Waals surface area contributed by atoms with Crippen molar-refractivity contribution in [3.63, 3.8) is 0 Å². The number of amides is 4. The monoisotopic (exact) mass is 1120 g/mol. The maximum absolute atomic E-state index is 14.8. The standard InChI is InChI=1S/C65H74N4O9S2/c1-46(2)59(62(76)66-44-58(73)77-6)69-61(75)55(45-80-65(50-33-19-10-20-34-50,51-35-21-11-22-36-51)52-37-23-12-24-38-52)68-60(74)54(40-41-57(72)78-63(3,4)5)67-56(71)43-53(70)39-25-26-42-79-64(47-27-13-7-14-28-47,48-29-15-8-16-30-48)49-31-17-9-18-32-49/h7-25,27-39,46,53-55,59,70H,26,40-45H2,1-6H3,(H,66,76)(H,67,71)(H,68,74)(H,69,75)/b39-25+/t53-,54-,55-,59-/m1/s1. The molecule has 4 amide bonds. The Balaban J connectivity index is 1.25. The lowest BCUT2D eigenvalue weighted by Gasteiger charge is -2.37. The minimum Gasteiger partial charge on any atom is -0.468 e. The summed E-state index contributed by atoms with van der Waals surface area (Å²) in [4.78, 5) is 82.4. The summed E-state index contributed by atoms with van der Waals surface area (Å²) in [6.45, 7) is 8.19. The number of allylic oxidation sites excluding steroid dienone is 1. The number of hydrogen-bond acceptors (Lipinski definition) is 11. The summed E-state index contributed by atoms with van der Waals surface area (Å²) in [5, 5.41) is 22.3. The van der Waals surface area contributed by atoms with Crippen LogP contribution in [0.3, 0.4) is 0 Å². The molecule has 0 saturated carbocycles. The minimum absolute atomic E-state index is 0.0669. The van der Waals surface area contributed by atoms with Crippen LogP contribution in [0.5, 0.6) is 0 Å². The average molecular weight is 1120 g/mol. The molecule has 0 aliphatic heterocycles. The molecule has 15 heteroatoms. The first-order valence-corrected chi connectivity index (χ1v) is 28.9. The normalized spacial score (nSPS) is 13.3. The van der Waals surface area contributed by atoms with Crippen molar-refractivity contribution in [2.75, 3.05) is 25.2 Å². The number of nitrogens with one attached hydrogen (secondary N) is 4. The molecule has 0 fully saturated rings. The zero-order valence-electron chi connectivity index (χ0n) is 46.3. The fourth-order valence-electron chi connectivity index (χ4n) is 9.30. The molecular weight excluding hydrogens is 1040 g/mol. The van der Waals surface area contributed by atoms with E-state index in [-0.39, 0.29) is 18.6 Å². The molecule has 0 spiro atoms. The largest absolute Gasteiger partial charge is 0.468 e. The Labute approximate surface area is 479 Å². The predicted molar refractivity (Wildman–Crippen MR) is 318 cm³/mol. The van der Waals surface area contributed by atoms with Crippen LogP contribution in [0.4, 0.5) is 0 Å². The quantitative estimate of drug-likeness (QED) is 0.0136. The van der Waals surface area contributed by atoms with Gasteiger partial charge in [0.05, 0.1) is 29.1 Å². The summed E-state index contributed by atoms with van der Waals surface area (Å²) < 4.78 is 8.82. The Morgan fingerprint density at radius 2 is 0.963 bits per heavy atom. The molecule has 5 N–H and O–H groups in total. The lowest BCUT2D eigenvalue weighted by atomic mass is 9.84. The van der Waals surface area contributed by atoms with Crippen molar-refractivity contribution in [1.82, 2.24) is 21.3 Å². The lowest BCUT2D eigenvalue weighted by Crippen LogP contribution is -2.59. The zero-order valence-corrected chi connectivity index (χ0v) is 48.0. The van der Waals surface area contributed by atoms with Crippen LogP contribution in [-0.2, 0) is 47.7 Å². The fourth-order valence-corrected chi connectivity index (χ4v) is 12.3. The first-order chi connectivity index (χ1) is 38.5. The number of aliphatic hydroxyl groups excluding tert-OH is 1. The zero-order chi connectivity index (χ0) is 57.5. The molecule has 4 atom stereocenters. The summed E-state index contributed by atoms with van der Waals surface area (Å²) in [6, 6.07) is 56.5. The van der Waals surface area contributed by atoms with Gasteiger partial charge in [0, 0.05) is 12.2 Å². The van der Waals surface area contributed by atoms with Crippen molar-refractivity contribution >= 4 is 59.1 Å². The summed E-state index contributed by atoms with van der Waals surface area (Å²) >= 11 is 3.17. The van der Waals surface area contributed by atoms with Crippen molar-refractivity contribution in [2.45, 2.75) is 99.6 Å². The molecule has 0 aromatic heterocycles. The number of hydrogen-bond donors (Lipinski definition) is 5. The average Bonchev–Trinajstić information content (AvgIpc) is 3.49. The lowest BCUT2D eigenvalue weighted by molar-refractivity contribution is -0.155. The summed E-state index contributed by atoms with van der Waals surface area (Å²) in [5.74, 6) is -3.99. The van der Waals surface area contributed by atoms with Crippen LogP contribution in [0.25, 0.3) is 0 Å². The second-order valence-electron chi connectivity index (χ2n) is 20.5. The molecule has 420 valence electrons. The molecule has 0 heterocycles. The second kappa shape index (κ2) is 30.2. The molecule has 6 aromatic carbocycles. The van der Waals surface area contributed by atoms with E-state index >= 15 is 0 Å². The molecule has 80 heavy (non-hydrogen) atoms. The number of rotatable bonds is 28. The second-order valence-corrected chi connectivity index (χ2v) is 23.1. The molecule has 0 radical (unpaired) electrons.